The first kappa shape index (κ1) is 15.1. The van der Waals surface area contributed by atoms with Crippen LogP contribution in [0.2, 0.25) is 0 Å². The van der Waals surface area contributed by atoms with Crippen molar-refractivity contribution in [3.05, 3.63) is 0 Å². The molecule has 0 aliphatic carbocycles. The van der Waals surface area contributed by atoms with E-state index in [-0.39, 0.29) is 18.9 Å². The van der Waals surface area contributed by atoms with E-state index in [4.69, 9.17) is 4.74 Å². The lowest BCUT2D eigenvalue weighted by Crippen LogP contribution is -2.65. The molecule has 8 heteroatoms. The average Bonchev–Trinajstić information content (AvgIpc) is 2.24. The van der Waals surface area contributed by atoms with Gasteiger partial charge < -0.3 is 4.74 Å². The predicted octanol–water partition coefficient (Wildman–Crippen LogP) is -0.910. The molecule has 0 aromatic carbocycles. The van der Waals surface area contributed by atoms with E-state index in [0.29, 0.717) is 6.61 Å². The molecule has 1 aliphatic heterocycles. The van der Waals surface area contributed by atoms with Crippen molar-refractivity contribution >= 4 is 21.8 Å². The Labute approximate surface area is 107 Å². The monoisotopic (exact) mass is 278 g/mol. The van der Waals surface area contributed by atoms with Crippen molar-refractivity contribution in [2.45, 2.75) is 26.3 Å². The molecule has 1 fully saturated rings. The molecular weight excluding hydrogens is 260 g/mol. The van der Waals surface area contributed by atoms with Crippen LogP contribution in [0.15, 0.2) is 0 Å². The molecule has 18 heavy (non-hydrogen) atoms. The smallest absolute Gasteiger partial charge is 0.247 e. The largest absolute Gasteiger partial charge is 0.381 e. The molecule has 1 aliphatic rings. The summed E-state index contributed by atoms with van der Waals surface area (Å²) in [5.41, 5.74) is -1.26. The number of nitrogens with one attached hydrogen (secondary N) is 1. The number of imide groups is 1. The number of hydrogen-bond donors (Lipinski definition) is 1. The zero-order valence-corrected chi connectivity index (χ0v) is 11.5. The molecule has 0 saturated carbocycles. The van der Waals surface area contributed by atoms with Crippen LogP contribution in [0.4, 0.5) is 0 Å². The number of rotatable bonds is 5. The van der Waals surface area contributed by atoms with Crippen LogP contribution in [-0.4, -0.2) is 55.6 Å². The van der Waals surface area contributed by atoms with Crippen molar-refractivity contribution in [3.63, 3.8) is 0 Å². The number of hydrogen-bond acceptors (Lipinski definition) is 5. The van der Waals surface area contributed by atoms with Crippen molar-refractivity contribution in [1.29, 1.82) is 0 Å². The summed E-state index contributed by atoms with van der Waals surface area (Å²) < 4.78 is 30.1. The fourth-order valence-electron chi connectivity index (χ4n) is 1.63. The Balaban J connectivity index is 2.91. The van der Waals surface area contributed by atoms with Gasteiger partial charge in [0.2, 0.25) is 21.8 Å². The van der Waals surface area contributed by atoms with E-state index in [1.807, 2.05) is 0 Å². The molecule has 0 spiro atoms. The first-order valence-electron chi connectivity index (χ1n) is 5.64. The maximum atomic E-state index is 12.1. The molecule has 0 aromatic rings. The molecule has 0 bridgehead atoms. The molecule has 0 unspecified atom stereocenters. The van der Waals surface area contributed by atoms with Gasteiger partial charge in [0, 0.05) is 6.61 Å². The van der Waals surface area contributed by atoms with Crippen LogP contribution in [0, 0.1) is 0 Å². The SMILES string of the molecule is CCOCCS(=O)(=O)N1CC(=O)NC(=O)C1(C)C. The Bertz CT molecular complexity index is 443. The first-order chi connectivity index (χ1) is 8.21. The summed E-state index contributed by atoms with van der Waals surface area (Å²) in [5.74, 6) is -1.47. The highest BCUT2D eigenvalue weighted by molar-refractivity contribution is 7.89. The van der Waals surface area contributed by atoms with Crippen LogP contribution < -0.4 is 5.32 Å². The van der Waals surface area contributed by atoms with Crippen molar-refractivity contribution in [1.82, 2.24) is 9.62 Å². The van der Waals surface area contributed by atoms with E-state index in [2.05, 4.69) is 5.32 Å². The molecule has 0 aromatic heterocycles. The van der Waals surface area contributed by atoms with Crippen LogP contribution in [0.25, 0.3) is 0 Å². The van der Waals surface area contributed by atoms with Gasteiger partial charge in [-0.1, -0.05) is 0 Å². The van der Waals surface area contributed by atoms with Gasteiger partial charge in [0.05, 0.1) is 18.9 Å². The summed E-state index contributed by atoms with van der Waals surface area (Å²) in [5, 5.41) is 2.12. The number of carbonyl (C=O) groups excluding carboxylic acids is 2. The first-order valence-corrected chi connectivity index (χ1v) is 7.25. The number of ether oxygens (including phenoxy) is 1. The zero-order valence-electron chi connectivity index (χ0n) is 10.7. The summed E-state index contributed by atoms with van der Waals surface area (Å²) in [6.07, 6.45) is 0. The van der Waals surface area contributed by atoms with Crippen LogP contribution in [0.3, 0.4) is 0 Å². The highest BCUT2D eigenvalue weighted by Gasteiger charge is 2.46. The molecule has 0 atom stereocenters. The highest BCUT2D eigenvalue weighted by atomic mass is 32.2. The normalized spacial score (nSPS) is 20.8. The molecule has 1 saturated heterocycles. The Hall–Kier alpha value is -0.990. The Kier molecular flexibility index (Phi) is 4.46. The van der Waals surface area contributed by atoms with Crippen molar-refractivity contribution in [2.24, 2.45) is 0 Å². The van der Waals surface area contributed by atoms with Crippen molar-refractivity contribution < 1.29 is 22.7 Å². The van der Waals surface area contributed by atoms with Crippen LogP contribution in [0.1, 0.15) is 20.8 Å². The zero-order chi connectivity index (χ0) is 14.0. The Morgan fingerprint density at radius 3 is 2.56 bits per heavy atom. The lowest BCUT2D eigenvalue weighted by molar-refractivity contribution is -0.141. The fraction of sp³-hybridized carbons (Fsp3) is 0.800. The quantitative estimate of drug-likeness (QED) is 0.519. The van der Waals surface area contributed by atoms with Gasteiger partial charge in [-0.2, -0.15) is 4.31 Å². The summed E-state index contributed by atoms with van der Waals surface area (Å²) in [6, 6.07) is 0. The summed E-state index contributed by atoms with van der Waals surface area (Å²) in [7, 11) is -3.70. The van der Waals surface area contributed by atoms with Crippen LogP contribution in [-0.2, 0) is 24.3 Å². The molecule has 1 N–H and O–H groups in total. The average molecular weight is 278 g/mol. The third-order valence-electron chi connectivity index (χ3n) is 2.74. The van der Waals surface area contributed by atoms with Gasteiger partial charge in [0.25, 0.3) is 0 Å². The lowest BCUT2D eigenvalue weighted by Gasteiger charge is -2.38. The maximum absolute atomic E-state index is 12.1. The second-order valence-electron chi connectivity index (χ2n) is 4.46. The summed E-state index contributed by atoms with van der Waals surface area (Å²) >= 11 is 0. The molecular formula is C10H18N2O5S. The maximum Gasteiger partial charge on any atom is 0.247 e. The molecule has 2 amide bonds. The summed E-state index contributed by atoms with van der Waals surface area (Å²) in [4.78, 5) is 22.9. The Morgan fingerprint density at radius 1 is 1.39 bits per heavy atom. The minimum atomic E-state index is -3.70. The number of sulfonamides is 1. The molecule has 1 rings (SSSR count). The summed E-state index contributed by atoms with van der Waals surface area (Å²) in [6.45, 7) is 4.81. The van der Waals surface area contributed by atoms with Gasteiger partial charge in [-0.3, -0.25) is 14.9 Å². The Morgan fingerprint density at radius 2 is 2.00 bits per heavy atom. The van der Waals surface area contributed by atoms with E-state index in [0.717, 1.165) is 4.31 Å². The topological polar surface area (TPSA) is 92.8 Å². The van der Waals surface area contributed by atoms with Crippen molar-refractivity contribution in [3.8, 4) is 0 Å². The number of piperazine rings is 1. The third kappa shape index (κ3) is 3.06. The predicted molar refractivity (Wildman–Crippen MR) is 64.2 cm³/mol. The molecule has 0 radical (unpaired) electrons. The minimum Gasteiger partial charge on any atom is -0.381 e. The van der Waals surface area contributed by atoms with Gasteiger partial charge in [-0.15, -0.1) is 0 Å². The van der Waals surface area contributed by atoms with Gasteiger partial charge in [0.1, 0.15) is 5.54 Å². The van der Waals surface area contributed by atoms with E-state index in [1.54, 1.807) is 6.92 Å². The van der Waals surface area contributed by atoms with Crippen LogP contribution >= 0.6 is 0 Å². The number of amides is 2. The van der Waals surface area contributed by atoms with E-state index in [9.17, 15) is 18.0 Å². The van der Waals surface area contributed by atoms with E-state index in [1.165, 1.54) is 13.8 Å². The van der Waals surface area contributed by atoms with Gasteiger partial charge in [0.15, 0.2) is 0 Å². The van der Waals surface area contributed by atoms with E-state index < -0.39 is 27.4 Å². The van der Waals surface area contributed by atoms with Gasteiger partial charge in [-0.25, -0.2) is 8.42 Å². The third-order valence-corrected chi connectivity index (χ3v) is 4.68. The van der Waals surface area contributed by atoms with Gasteiger partial charge in [-0.05, 0) is 20.8 Å². The second kappa shape index (κ2) is 5.33. The minimum absolute atomic E-state index is 0.0429. The molecule has 7 nitrogen and oxygen atoms in total. The van der Waals surface area contributed by atoms with Crippen molar-refractivity contribution in [2.75, 3.05) is 25.5 Å². The van der Waals surface area contributed by atoms with Crippen LogP contribution in [0.5, 0.6) is 0 Å². The lowest BCUT2D eigenvalue weighted by atomic mass is 10.0. The second-order valence-corrected chi connectivity index (χ2v) is 6.47. The number of nitrogens with zero attached hydrogens (tertiary/aromatic N) is 1. The van der Waals surface area contributed by atoms with E-state index >= 15 is 0 Å². The molecule has 104 valence electrons. The molecule has 1 heterocycles. The number of carbonyl (C=O) groups is 2. The highest BCUT2D eigenvalue weighted by Crippen LogP contribution is 2.22. The fourth-order valence-corrected chi connectivity index (χ4v) is 3.27. The standard InChI is InChI=1S/C10H18N2O5S/c1-4-17-5-6-18(15,16)12-7-8(13)11-9(14)10(12,2)3/h4-7H2,1-3H3,(H,11,13,14). The van der Waals surface area contributed by atoms with Gasteiger partial charge >= 0.3 is 0 Å².